The summed E-state index contributed by atoms with van der Waals surface area (Å²) in [5.41, 5.74) is 3.28. The van der Waals surface area contributed by atoms with Crippen molar-refractivity contribution in [2.75, 3.05) is 25.1 Å². The van der Waals surface area contributed by atoms with E-state index in [0.717, 1.165) is 21.3 Å². The SMILES string of the molecule is CCOCCCN1C(=O)C(Nc2cccc(Br)c2)=C(c2ccc(C)cc2)C1=O. The second-order valence-electron chi connectivity index (χ2n) is 6.56. The van der Waals surface area contributed by atoms with Crippen molar-refractivity contribution in [2.45, 2.75) is 20.3 Å². The number of halogens is 1. The van der Waals surface area contributed by atoms with Crippen LogP contribution < -0.4 is 5.32 Å². The lowest BCUT2D eigenvalue weighted by Gasteiger charge is -2.15. The molecule has 0 spiro atoms. The van der Waals surface area contributed by atoms with Crippen molar-refractivity contribution < 1.29 is 14.3 Å². The highest BCUT2D eigenvalue weighted by atomic mass is 79.9. The van der Waals surface area contributed by atoms with Crippen LogP contribution in [0, 0.1) is 6.92 Å². The molecule has 0 aliphatic carbocycles. The van der Waals surface area contributed by atoms with Gasteiger partial charge in [0.15, 0.2) is 0 Å². The zero-order valence-electron chi connectivity index (χ0n) is 16.0. The number of hydrogen-bond acceptors (Lipinski definition) is 4. The van der Waals surface area contributed by atoms with E-state index in [2.05, 4.69) is 21.2 Å². The molecule has 1 N–H and O–H groups in total. The van der Waals surface area contributed by atoms with Gasteiger partial charge in [-0.15, -0.1) is 0 Å². The van der Waals surface area contributed by atoms with Gasteiger partial charge in [0.05, 0.1) is 5.57 Å². The summed E-state index contributed by atoms with van der Waals surface area (Å²) in [5.74, 6) is -0.583. The molecule has 0 atom stereocenters. The normalized spacial score (nSPS) is 14.2. The van der Waals surface area contributed by atoms with Gasteiger partial charge in [0, 0.05) is 29.9 Å². The fourth-order valence-corrected chi connectivity index (χ4v) is 3.46. The Balaban J connectivity index is 1.93. The minimum absolute atomic E-state index is 0.275. The number of anilines is 1. The fourth-order valence-electron chi connectivity index (χ4n) is 3.06. The summed E-state index contributed by atoms with van der Waals surface area (Å²) in [4.78, 5) is 27.4. The Morgan fingerprint density at radius 2 is 1.82 bits per heavy atom. The van der Waals surface area contributed by atoms with Crippen molar-refractivity contribution in [3.8, 4) is 0 Å². The molecule has 2 aromatic rings. The molecule has 28 heavy (non-hydrogen) atoms. The molecule has 146 valence electrons. The Hall–Kier alpha value is -2.44. The summed E-state index contributed by atoms with van der Waals surface area (Å²) in [6.45, 7) is 5.37. The number of carbonyl (C=O) groups excluding carboxylic acids is 2. The second-order valence-corrected chi connectivity index (χ2v) is 7.48. The molecule has 1 heterocycles. The monoisotopic (exact) mass is 442 g/mol. The molecule has 0 saturated heterocycles. The van der Waals surface area contributed by atoms with Gasteiger partial charge in [-0.3, -0.25) is 14.5 Å². The highest BCUT2D eigenvalue weighted by Gasteiger charge is 2.38. The molecule has 1 aliphatic heterocycles. The lowest BCUT2D eigenvalue weighted by molar-refractivity contribution is -0.137. The number of hydrogen-bond donors (Lipinski definition) is 1. The Kier molecular flexibility index (Phi) is 6.65. The van der Waals surface area contributed by atoms with Gasteiger partial charge in [-0.1, -0.05) is 51.8 Å². The maximum Gasteiger partial charge on any atom is 0.278 e. The van der Waals surface area contributed by atoms with Crippen molar-refractivity contribution >= 4 is 39.0 Å². The molecule has 0 saturated carbocycles. The van der Waals surface area contributed by atoms with E-state index < -0.39 is 0 Å². The van der Waals surface area contributed by atoms with Crippen LogP contribution in [0.3, 0.4) is 0 Å². The number of aryl methyl sites for hydroxylation is 1. The van der Waals surface area contributed by atoms with E-state index >= 15 is 0 Å². The van der Waals surface area contributed by atoms with Crippen LogP contribution in [0.15, 0.2) is 58.7 Å². The van der Waals surface area contributed by atoms with Crippen molar-refractivity contribution in [3.05, 3.63) is 69.8 Å². The van der Waals surface area contributed by atoms with Gasteiger partial charge < -0.3 is 10.1 Å². The largest absolute Gasteiger partial charge is 0.382 e. The quantitative estimate of drug-likeness (QED) is 0.486. The maximum atomic E-state index is 13.1. The third-order valence-electron chi connectivity index (χ3n) is 4.48. The van der Waals surface area contributed by atoms with E-state index in [-0.39, 0.29) is 11.8 Å². The van der Waals surface area contributed by atoms with Gasteiger partial charge in [0.2, 0.25) is 0 Å². The zero-order chi connectivity index (χ0) is 20.1. The van der Waals surface area contributed by atoms with Gasteiger partial charge in [-0.2, -0.15) is 0 Å². The van der Waals surface area contributed by atoms with Crippen LogP contribution in [-0.2, 0) is 14.3 Å². The summed E-state index contributed by atoms with van der Waals surface area (Å²) in [6, 6.07) is 15.1. The fraction of sp³-hybridized carbons (Fsp3) is 0.273. The van der Waals surface area contributed by atoms with Crippen molar-refractivity contribution in [1.82, 2.24) is 4.90 Å². The Morgan fingerprint density at radius 3 is 2.50 bits per heavy atom. The highest BCUT2D eigenvalue weighted by Crippen LogP contribution is 2.31. The molecule has 1 aliphatic rings. The van der Waals surface area contributed by atoms with E-state index in [1.807, 2.05) is 62.4 Å². The van der Waals surface area contributed by atoms with E-state index in [4.69, 9.17) is 4.74 Å². The molecule has 2 aromatic carbocycles. The molecule has 3 rings (SSSR count). The van der Waals surface area contributed by atoms with Gasteiger partial charge in [0.1, 0.15) is 5.70 Å². The Morgan fingerprint density at radius 1 is 1.07 bits per heavy atom. The average Bonchev–Trinajstić information content (AvgIpc) is 2.90. The molecule has 0 fully saturated rings. The van der Waals surface area contributed by atoms with Crippen molar-refractivity contribution in [2.24, 2.45) is 0 Å². The van der Waals surface area contributed by atoms with Gasteiger partial charge in [-0.05, 0) is 44.0 Å². The van der Waals surface area contributed by atoms with E-state index in [1.165, 1.54) is 4.90 Å². The molecular weight excluding hydrogens is 420 g/mol. The summed E-state index contributed by atoms with van der Waals surface area (Å²) in [6.07, 6.45) is 0.608. The molecule has 0 radical (unpaired) electrons. The van der Waals surface area contributed by atoms with Crippen LogP contribution in [0.4, 0.5) is 5.69 Å². The van der Waals surface area contributed by atoms with Crippen LogP contribution >= 0.6 is 15.9 Å². The molecule has 0 bridgehead atoms. The first-order valence-electron chi connectivity index (χ1n) is 9.29. The lowest BCUT2D eigenvalue weighted by atomic mass is 10.0. The van der Waals surface area contributed by atoms with Crippen LogP contribution in [0.2, 0.25) is 0 Å². The van der Waals surface area contributed by atoms with E-state index in [0.29, 0.717) is 37.4 Å². The first-order valence-corrected chi connectivity index (χ1v) is 10.1. The number of nitrogens with zero attached hydrogens (tertiary/aromatic N) is 1. The highest BCUT2D eigenvalue weighted by molar-refractivity contribution is 9.10. The van der Waals surface area contributed by atoms with Crippen LogP contribution in [0.25, 0.3) is 5.57 Å². The number of carbonyl (C=O) groups is 2. The first kappa shape index (κ1) is 20.3. The Labute approximate surface area is 173 Å². The van der Waals surface area contributed by atoms with Crippen LogP contribution in [-0.4, -0.2) is 36.5 Å². The number of nitrogens with one attached hydrogen (secondary N) is 1. The van der Waals surface area contributed by atoms with Crippen LogP contribution in [0.5, 0.6) is 0 Å². The number of rotatable bonds is 8. The topological polar surface area (TPSA) is 58.6 Å². The van der Waals surface area contributed by atoms with Gasteiger partial charge >= 0.3 is 0 Å². The lowest BCUT2D eigenvalue weighted by Crippen LogP contribution is -2.34. The smallest absolute Gasteiger partial charge is 0.278 e. The average molecular weight is 443 g/mol. The summed E-state index contributed by atoms with van der Waals surface area (Å²) < 4.78 is 6.23. The summed E-state index contributed by atoms with van der Waals surface area (Å²) in [7, 11) is 0. The van der Waals surface area contributed by atoms with Gasteiger partial charge in [0.25, 0.3) is 11.8 Å². The number of benzene rings is 2. The Bertz CT molecular complexity index is 906. The maximum absolute atomic E-state index is 13.1. The number of amides is 2. The molecule has 5 nitrogen and oxygen atoms in total. The summed E-state index contributed by atoms with van der Waals surface area (Å²) in [5, 5.41) is 3.16. The zero-order valence-corrected chi connectivity index (χ0v) is 17.6. The van der Waals surface area contributed by atoms with Crippen molar-refractivity contribution in [1.29, 1.82) is 0 Å². The second kappa shape index (κ2) is 9.17. The summed E-state index contributed by atoms with van der Waals surface area (Å²) >= 11 is 3.44. The number of ether oxygens (including phenoxy) is 1. The predicted octanol–water partition coefficient (Wildman–Crippen LogP) is 4.38. The molecular formula is C22H23BrN2O3. The van der Waals surface area contributed by atoms with Crippen LogP contribution in [0.1, 0.15) is 24.5 Å². The minimum Gasteiger partial charge on any atom is -0.382 e. The molecule has 0 unspecified atom stereocenters. The minimum atomic E-state index is -0.308. The van der Waals surface area contributed by atoms with Gasteiger partial charge in [-0.25, -0.2) is 0 Å². The first-order chi connectivity index (χ1) is 13.5. The molecule has 6 heteroatoms. The molecule has 0 aromatic heterocycles. The standard InChI is InChI=1S/C22H23BrN2O3/c1-3-28-13-5-12-25-21(26)19(16-10-8-15(2)9-11-16)20(22(25)27)24-18-7-4-6-17(23)14-18/h4,6-11,14,24H,3,5,12-13H2,1-2H3. The van der Waals surface area contributed by atoms with Crippen molar-refractivity contribution in [3.63, 3.8) is 0 Å². The number of imide groups is 1. The van der Waals surface area contributed by atoms with E-state index in [1.54, 1.807) is 0 Å². The predicted molar refractivity (Wildman–Crippen MR) is 114 cm³/mol. The van der Waals surface area contributed by atoms with E-state index in [9.17, 15) is 9.59 Å². The molecule has 2 amide bonds. The third-order valence-corrected chi connectivity index (χ3v) is 4.97. The third kappa shape index (κ3) is 4.51.